The highest BCUT2D eigenvalue weighted by Crippen LogP contribution is 2.29. The Morgan fingerprint density at radius 2 is 2.31 bits per heavy atom. The first-order valence-corrected chi connectivity index (χ1v) is 6.11. The molecule has 4 heteroatoms. The molecule has 4 nitrogen and oxygen atoms in total. The minimum atomic E-state index is -0.829. The van der Waals surface area contributed by atoms with Crippen molar-refractivity contribution in [2.45, 2.75) is 57.1 Å². The summed E-state index contributed by atoms with van der Waals surface area (Å²) in [6, 6.07) is 0. The Balaban J connectivity index is 2.43. The molecule has 0 aromatic rings. The van der Waals surface area contributed by atoms with E-state index in [1.165, 1.54) is 7.11 Å². The number of rotatable bonds is 5. The lowest BCUT2D eigenvalue weighted by Crippen LogP contribution is -2.53. The molecule has 2 atom stereocenters. The molecule has 0 aromatic heterocycles. The molecule has 16 heavy (non-hydrogen) atoms. The van der Waals surface area contributed by atoms with Crippen LogP contribution in [0, 0.1) is 0 Å². The van der Waals surface area contributed by atoms with Crippen molar-refractivity contribution in [2.75, 3.05) is 13.7 Å². The van der Waals surface area contributed by atoms with Gasteiger partial charge in [-0.25, -0.2) is 0 Å². The lowest BCUT2D eigenvalue weighted by Gasteiger charge is -2.35. The monoisotopic (exact) mass is 229 g/mol. The van der Waals surface area contributed by atoms with Crippen LogP contribution in [0.2, 0.25) is 0 Å². The summed E-state index contributed by atoms with van der Waals surface area (Å²) in [6.07, 6.45) is 5.52. The van der Waals surface area contributed by atoms with Crippen LogP contribution in [0.15, 0.2) is 0 Å². The van der Waals surface area contributed by atoms with Crippen molar-refractivity contribution in [2.24, 2.45) is 5.73 Å². The molecule has 0 spiro atoms. The molecule has 0 amide bonds. The van der Waals surface area contributed by atoms with E-state index in [0.717, 1.165) is 32.3 Å². The highest BCUT2D eigenvalue weighted by Gasteiger charge is 2.40. The molecule has 1 fully saturated rings. The maximum Gasteiger partial charge on any atom is 0.325 e. The van der Waals surface area contributed by atoms with Crippen molar-refractivity contribution in [3.05, 3.63) is 0 Å². The van der Waals surface area contributed by atoms with Crippen molar-refractivity contribution in [1.82, 2.24) is 0 Å². The van der Waals surface area contributed by atoms with Gasteiger partial charge >= 0.3 is 5.97 Å². The lowest BCUT2D eigenvalue weighted by molar-refractivity contribution is -0.150. The van der Waals surface area contributed by atoms with Gasteiger partial charge in [-0.3, -0.25) is 4.79 Å². The number of ether oxygens (including phenoxy) is 2. The molecule has 1 rings (SSSR count). The summed E-state index contributed by atoms with van der Waals surface area (Å²) in [4.78, 5) is 11.6. The molecule has 1 aliphatic rings. The van der Waals surface area contributed by atoms with Crippen molar-refractivity contribution in [3.8, 4) is 0 Å². The summed E-state index contributed by atoms with van der Waals surface area (Å²) in [5.74, 6) is -0.309. The molecule has 0 saturated heterocycles. The van der Waals surface area contributed by atoms with Crippen LogP contribution in [0.1, 0.15) is 45.4 Å². The second kappa shape index (κ2) is 6.21. The molecule has 0 aliphatic heterocycles. The smallest absolute Gasteiger partial charge is 0.325 e. The number of unbranched alkanes of at least 4 members (excludes halogenated alkanes) is 1. The maximum atomic E-state index is 11.6. The van der Waals surface area contributed by atoms with Crippen LogP contribution in [0.3, 0.4) is 0 Å². The van der Waals surface area contributed by atoms with Crippen LogP contribution < -0.4 is 5.73 Å². The zero-order valence-corrected chi connectivity index (χ0v) is 10.3. The first-order valence-electron chi connectivity index (χ1n) is 6.11. The van der Waals surface area contributed by atoms with Crippen molar-refractivity contribution < 1.29 is 14.3 Å². The molecule has 94 valence electrons. The van der Waals surface area contributed by atoms with Gasteiger partial charge in [-0.05, 0) is 25.7 Å². The number of carbonyl (C=O) groups excluding carboxylic acids is 1. The average Bonchev–Trinajstić information content (AvgIpc) is 2.28. The Bertz CT molecular complexity index is 232. The van der Waals surface area contributed by atoms with Gasteiger partial charge in [0.1, 0.15) is 5.54 Å². The first-order chi connectivity index (χ1) is 7.62. The standard InChI is InChI=1S/C12H23NO3/c1-3-4-8-16-10-6-5-7-12(13,9-10)11(14)15-2/h10H,3-9,13H2,1-2H3. The Kier molecular flexibility index (Phi) is 5.22. The second-order valence-electron chi connectivity index (χ2n) is 4.59. The van der Waals surface area contributed by atoms with Crippen LogP contribution in [-0.2, 0) is 14.3 Å². The van der Waals surface area contributed by atoms with E-state index in [2.05, 4.69) is 6.92 Å². The van der Waals surface area contributed by atoms with Gasteiger partial charge in [-0.15, -0.1) is 0 Å². The number of esters is 1. The Hall–Kier alpha value is -0.610. The van der Waals surface area contributed by atoms with Crippen LogP contribution in [-0.4, -0.2) is 31.3 Å². The summed E-state index contributed by atoms with van der Waals surface area (Å²) in [5.41, 5.74) is 5.22. The van der Waals surface area contributed by atoms with Crippen LogP contribution >= 0.6 is 0 Å². The van der Waals surface area contributed by atoms with Gasteiger partial charge in [-0.1, -0.05) is 13.3 Å². The fraction of sp³-hybridized carbons (Fsp3) is 0.917. The van der Waals surface area contributed by atoms with Crippen molar-refractivity contribution in [1.29, 1.82) is 0 Å². The van der Waals surface area contributed by atoms with Crippen molar-refractivity contribution in [3.63, 3.8) is 0 Å². The SMILES string of the molecule is CCCCOC1CCCC(N)(C(=O)OC)C1. The van der Waals surface area contributed by atoms with Crippen LogP contribution in [0.5, 0.6) is 0 Å². The van der Waals surface area contributed by atoms with Crippen LogP contribution in [0.25, 0.3) is 0 Å². The Labute approximate surface area is 97.5 Å². The summed E-state index contributed by atoms with van der Waals surface area (Å²) in [7, 11) is 1.39. The number of hydrogen-bond donors (Lipinski definition) is 1. The van der Waals surface area contributed by atoms with Gasteiger partial charge in [0.05, 0.1) is 13.2 Å². The molecule has 1 saturated carbocycles. The number of nitrogens with two attached hydrogens (primary N) is 1. The Morgan fingerprint density at radius 1 is 1.56 bits per heavy atom. The quantitative estimate of drug-likeness (QED) is 0.575. The van der Waals surface area contributed by atoms with Gasteiger partial charge in [0, 0.05) is 13.0 Å². The molecular weight excluding hydrogens is 206 g/mol. The van der Waals surface area contributed by atoms with E-state index < -0.39 is 5.54 Å². The second-order valence-corrected chi connectivity index (χ2v) is 4.59. The van der Waals surface area contributed by atoms with E-state index >= 15 is 0 Å². The molecule has 2 N–H and O–H groups in total. The molecule has 0 radical (unpaired) electrons. The van der Waals surface area contributed by atoms with E-state index in [0.29, 0.717) is 12.8 Å². The van der Waals surface area contributed by atoms with E-state index in [1.807, 2.05) is 0 Å². The summed E-state index contributed by atoms with van der Waals surface area (Å²) in [5, 5.41) is 0. The first kappa shape index (κ1) is 13.5. The predicted molar refractivity (Wildman–Crippen MR) is 62.1 cm³/mol. The van der Waals surface area contributed by atoms with Gasteiger partial charge in [0.25, 0.3) is 0 Å². The predicted octanol–water partition coefficient (Wildman–Crippen LogP) is 1.62. The van der Waals surface area contributed by atoms with Crippen LogP contribution in [0.4, 0.5) is 0 Å². The largest absolute Gasteiger partial charge is 0.468 e. The van der Waals surface area contributed by atoms with Crippen molar-refractivity contribution >= 4 is 5.97 Å². The van der Waals surface area contributed by atoms with E-state index in [-0.39, 0.29) is 12.1 Å². The fourth-order valence-corrected chi connectivity index (χ4v) is 2.18. The third-order valence-electron chi connectivity index (χ3n) is 3.18. The average molecular weight is 229 g/mol. The fourth-order valence-electron chi connectivity index (χ4n) is 2.18. The topological polar surface area (TPSA) is 61.5 Å². The minimum Gasteiger partial charge on any atom is -0.468 e. The third-order valence-corrected chi connectivity index (χ3v) is 3.18. The molecule has 2 unspecified atom stereocenters. The number of carbonyl (C=O) groups is 1. The van der Waals surface area contributed by atoms with Gasteiger partial charge in [0.15, 0.2) is 0 Å². The minimum absolute atomic E-state index is 0.115. The molecule has 0 aromatic carbocycles. The molecule has 1 aliphatic carbocycles. The molecule has 0 bridgehead atoms. The number of hydrogen-bond acceptors (Lipinski definition) is 4. The highest BCUT2D eigenvalue weighted by molar-refractivity contribution is 5.80. The molecular formula is C12H23NO3. The van der Waals surface area contributed by atoms with Gasteiger partial charge in [-0.2, -0.15) is 0 Å². The van der Waals surface area contributed by atoms with E-state index in [4.69, 9.17) is 15.2 Å². The third kappa shape index (κ3) is 3.46. The van der Waals surface area contributed by atoms with E-state index in [1.54, 1.807) is 0 Å². The maximum absolute atomic E-state index is 11.6. The summed E-state index contributed by atoms with van der Waals surface area (Å²) < 4.78 is 10.5. The lowest BCUT2D eigenvalue weighted by atomic mass is 9.81. The highest BCUT2D eigenvalue weighted by atomic mass is 16.5. The van der Waals surface area contributed by atoms with Gasteiger partial charge in [0.2, 0.25) is 0 Å². The normalized spacial score (nSPS) is 30.1. The summed E-state index contributed by atoms with van der Waals surface area (Å²) >= 11 is 0. The summed E-state index contributed by atoms with van der Waals surface area (Å²) in [6.45, 7) is 2.89. The number of methoxy groups -OCH3 is 1. The zero-order valence-electron chi connectivity index (χ0n) is 10.3. The zero-order chi connectivity index (χ0) is 12.0. The van der Waals surface area contributed by atoms with E-state index in [9.17, 15) is 4.79 Å². The molecule has 0 heterocycles. The van der Waals surface area contributed by atoms with Gasteiger partial charge < -0.3 is 15.2 Å². The Morgan fingerprint density at radius 3 is 2.94 bits per heavy atom.